The van der Waals surface area contributed by atoms with Gasteiger partial charge in [-0.3, -0.25) is 0 Å². The molecule has 1 heterocycles. The van der Waals surface area contributed by atoms with E-state index in [1.807, 2.05) is 6.07 Å². The Kier molecular flexibility index (Phi) is 4.18. The molecular formula is C11H14BrF2NOS. The lowest BCUT2D eigenvalue weighted by Crippen LogP contribution is -2.38. The molecule has 0 aliphatic heterocycles. The number of aliphatic hydroxyl groups excluding tert-OH is 1. The van der Waals surface area contributed by atoms with Crippen molar-refractivity contribution in [1.82, 2.24) is 5.32 Å². The minimum absolute atomic E-state index is 0.0151. The second-order valence-electron chi connectivity index (χ2n) is 4.27. The quantitative estimate of drug-likeness (QED) is 0.891. The zero-order valence-corrected chi connectivity index (χ0v) is 11.6. The molecule has 0 bridgehead atoms. The van der Waals surface area contributed by atoms with Crippen molar-refractivity contribution in [2.24, 2.45) is 0 Å². The molecule has 0 fully saturated rings. The van der Waals surface area contributed by atoms with E-state index in [1.54, 1.807) is 11.3 Å². The fourth-order valence-corrected chi connectivity index (χ4v) is 3.88. The lowest BCUT2D eigenvalue weighted by atomic mass is 9.94. The molecule has 2 N–H and O–H groups in total. The summed E-state index contributed by atoms with van der Waals surface area (Å²) in [6.45, 7) is -1.58. The topological polar surface area (TPSA) is 32.3 Å². The highest BCUT2D eigenvalue weighted by molar-refractivity contribution is 9.11. The third kappa shape index (κ3) is 3.24. The number of aryl methyl sites for hydroxylation is 1. The Morgan fingerprint density at radius 3 is 3.06 bits per heavy atom. The maximum atomic E-state index is 13.0. The lowest BCUT2D eigenvalue weighted by Gasteiger charge is -2.25. The average Bonchev–Trinajstić information content (AvgIpc) is 2.67. The SMILES string of the molecule is OCC(F)(F)CNC1CCCc2sc(Br)cc21. The molecule has 17 heavy (non-hydrogen) atoms. The van der Waals surface area contributed by atoms with Gasteiger partial charge in [0.2, 0.25) is 0 Å². The van der Waals surface area contributed by atoms with E-state index in [4.69, 9.17) is 5.11 Å². The molecule has 1 atom stereocenters. The number of aliphatic hydroxyl groups is 1. The van der Waals surface area contributed by atoms with Gasteiger partial charge in [-0.15, -0.1) is 11.3 Å². The van der Waals surface area contributed by atoms with E-state index in [1.165, 1.54) is 4.88 Å². The Balaban J connectivity index is 2.03. The number of halogens is 3. The van der Waals surface area contributed by atoms with Crippen LogP contribution in [0.4, 0.5) is 8.78 Å². The van der Waals surface area contributed by atoms with Crippen LogP contribution < -0.4 is 5.32 Å². The predicted molar refractivity (Wildman–Crippen MR) is 67.7 cm³/mol. The number of hydrogen-bond donors (Lipinski definition) is 2. The van der Waals surface area contributed by atoms with Crippen molar-refractivity contribution >= 4 is 27.3 Å². The van der Waals surface area contributed by atoms with Gasteiger partial charge in [-0.2, -0.15) is 0 Å². The van der Waals surface area contributed by atoms with Gasteiger partial charge in [0.15, 0.2) is 0 Å². The fourth-order valence-electron chi connectivity index (χ4n) is 2.06. The Labute approximate surface area is 111 Å². The second-order valence-corrected chi connectivity index (χ2v) is 6.78. The van der Waals surface area contributed by atoms with Crippen LogP contribution in [0.15, 0.2) is 9.85 Å². The summed E-state index contributed by atoms with van der Waals surface area (Å²) in [6.07, 6.45) is 2.92. The predicted octanol–water partition coefficient (Wildman–Crippen LogP) is 3.11. The Morgan fingerprint density at radius 1 is 1.59 bits per heavy atom. The van der Waals surface area contributed by atoms with Crippen molar-refractivity contribution in [3.63, 3.8) is 0 Å². The van der Waals surface area contributed by atoms with E-state index in [9.17, 15) is 8.78 Å². The van der Waals surface area contributed by atoms with Crippen LogP contribution in [0.3, 0.4) is 0 Å². The summed E-state index contributed by atoms with van der Waals surface area (Å²) in [4.78, 5) is 1.27. The first-order chi connectivity index (χ1) is 8.02. The molecule has 0 radical (unpaired) electrons. The zero-order valence-electron chi connectivity index (χ0n) is 9.18. The van der Waals surface area contributed by atoms with E-state index in [-0.39, 0.29) is 6.04 Å². The minimum Gasteiger partial charge on any atom is -0.390 e. The molecule has 0 amide bonds. The Bertz CT molecular complexity index is 397. The molecule has 1 unspecified atom stereocenters. The molecule has 1 aliphatic rings. The Hall–Kier alpha value is -0.0400. The minimum atomic E-state index is -3.04. The first-order valence-electron chi connectivity index (χ1n) is 5.52. The zero-order chi connectivity index (χ0) is 12.5. The standard InChI is InChI=1S/C11H14BrF2NOS/c12-10-4-7-8(2-1-3-9(7)17-10)15-5-11(13,14)6-16/h4,8,15-16H,1-3,5-6H2. The molecule has 1 aromatic rings. The third-order valence-corrected chi connectivity index (χ3v) is 4.64. The van der Waals surface area contributed by atoms with Crippen molar-refractivity contribution in [2.75, 3.05) is 13.2 Å². The molecule has 96 valence electrons. The van der Waals surface area contributed by atoms with Crippen LogP contribution >= 0.6 is 27.3 Å². The lowest BCUT2D eigenvalue weighted by molar-refractivity contribution is -0.0496. The van der Waals surface area contributed by atoms with E-state index >= 15 is 0 Å². The van der Waals surface area contributed by atoms with Crippen LogP contribution in [0.1, 0.15) is 29.3 Å². The molecule has 1 aromatic heterocycles. The van der Waals surface area contributed by atoms with Gasteiger partial charge in [0.1, 0.15) is 6.61 Å². The normalized spacial score (nSPS) is 20.4. The molecule has 2 rings (SSSR count). The van der Waals surface area contributed by atoms with Crippen LogP contribution in [-0.2, 0) is 6.42 Å². The molecule has 0 saturated heterocycles. The van der Waals surface area contributed by atoms with Crippen LogP contribution in [0, 0.1) is 0 Å². The monoisotopic (exact) mass is 325 g/mol. The molecule has 2 nitrogen and oxygen atoms in total. The second kappa shape index (κ2) is 5.30. The summed E-state index contributed by atoms with van der Waals surface area (Å²) in [5.74, 6) is -3.04. The van der Waals surface area contributed by atoms with Gasteiger partial charge < -0.3 is 10.4 Å². The van der Waals surface area contributed by atoms with Gasteiger partial charge in [-0.05, 0) is 46.8 Å². The van der Waals surface area contributed by atoms with Crippen molar-refractivity contribution in [3.8, 4) is 0 Å². The molecular weight excluding hydrogens is 312 g/mol. The van der Waals surface area contributed by atoms with E-state index < -0.39 is 19.1 Å². The van der Waals surface area contributed by atoms with Gasteiger partial charge in [-0.1, -0.05) is 0 Å². The number of alkyl halides is 2. The fraction of sp³-hybridized carbons (Fsp3) is 0.636. The molecule has 6 heteroatoms. The van der Waals surface area contributed by atoms with Crippen molar-refractivity contribution in [3.05, 3.63) is 20.3 Å². The molecule has 1 aliphatic carbocycles. The summed E-state index contributed by atoms with van der Waals surface area (Å²) in [7, 11) is 0. The maximum absolute atomic E-state index is 13.0. The molecule has 0 saturated carbocycles. The summed E-state index contributed by atoms with van der Waals surface area (Å²) < 4.78 is 27.0. The number of rotatable bonds is 4. The van der Waals surface area contributed by atoms with Gasteiger partial charge in [-0.25, -0.2) is 8.78 Å². The van der Waals surface area contributed by atoms with Crippen LogP contribution in [0.2, 0.25) is 0 Å². The highest BCUT2D eigenvalue weighted by atomic mass is 79.9. The van der Waals surface area contributed by atoms with Crippen molar-refractivity contribution < 1.29 is 13.9 Å². The van der Waals surface area contributed by atoms with E-state index in [2.05, 4.69) is 21.2 Å². The average molecular weight is 326 g/mol. The van der Waals surface area contributed by atoms with Crippen LogP contribution in [-0.4, -0.2) is 24.2 Å². The van der Waals surface area contributed by atoms with Gasteiger partial charge >= 0.3 is 0 Å². The summed E-state index contributed by atoms with van der Waals surface area (Å²) in [5.41, 5.74) is 1.13. The smallest absolute Gasteiger partial charge is 0.282 e. The number of thiophene rings is 1. The maximum Gasteiger partial charge on any atom is 0.282 e. The highest BCUT2D eigenvalue weighted by Crippen LogP contribution is 2.38. The Morgan fingerprint density at radius 2 is 2.35 bits per heavy atom. The highest BCUT2D eigenvalue weighted by Gasteiger charge is 2.30. The summed E-state index contributed by atoms with van der Waals surface area (Å²) in [5, 5.41) is 11.4. The molecule has 0 spiro atoms. The number of nitrogens with one attached hydrogen (secondary N) is 1. The van der Waals surface area contributed by atoms with Crippen LogP contribution in [0.5, 0.6) is 0 Å². The largest absolute Gasteiger partial charge is 0.390 e. The number of fused-ring (bicyclic) bond motifs is 1. The van der Waals surface area contributed by atoms with Gasteiger partial charge in [0, 0.05) is 10.9 Å². The van der Waals surface area contributed by atoms with Gasteiger partial charge in [0.05, 0.1) is 10.3 Å². The summed E-state index contributed by atoms with van der Waals surface area (Å²) >= 11 is 5.10. The first-order valence-corrected chi connectivity index (χ1v) is 7.13. The van der Waals surface area contributed by atoms with Crippen molar-refractivity contribution in [1.29, 1.82) is 0 Å². The van der Waals surface area contributed by atoms with E-state index in [0.717, 1.165) is 28.6 Å². The molecule has 0 aromatic carbocycles. The first kappa shape index (κ1) is 13.4. The van der Waals surface area contributed by atoms with Crippen molar-refractivity contribution in [2.45, 2.75) is 31.2 Å². The van der Waals surface area contributed by atoms with E-state index in [0.29, 0.717) is 0 Å². The van der Waals surface area contributed by atoms with Crippen LogP contribution in [0.25, 0.3) is 0 Å². The third-order valence-electron chi connectivity index (χ3n) is 2.92. The summed E-state index contributed by atoms with van der Waals surface area (Å²) in [6, 6.07) is 1.99. The van der Waals surface area contributed by atoms with Gasteiger partial charge in [0.25, 0.3) is 5.92 Å². The number of hydrogen-bond acceptors (Lipinski definition) is 3.